The molecule has 4 rings (SSSR count). The van der Waals surface area contributed by atoms with Crippen LogP contribution in [0.4, 0.5) is 0 Å². The Hall–Kier alpha value is -2.69. The summed E-state index contributed by atoms with van der Waals surface area (Å²) >= 11 is 0. The standard InChI is InChI=1S/C20H23N7O.HI/c1-21-20(22-12-18-25-24-17-8-4-5-10-27(17)18)23-13-19(28)26-11-9-15-6-2-3-7-16(15)14-26;/h2-8,10H,9,11-14H2,1H3,(H2,21,22,23);1H. The molecule has 0 saturated carbocycles. The van der Waals surface area contributed by atoms with E-state index in [4.69, 9.17) is 0 Å². The number of amides is 1. The number of carbonyl (C=O) groups is 1. The highest BCUT2D eigenvalue weighted by Gasteiger charge is 2.20. The van der Waals surface area contributed by atoms with Crippen LogP contribution in [-0.4, -0.2) is 51.5 Å². The molecule has 0 atom stereocenters. The van der Waals surface area contributed by atoms with E-state index >= 15 is 0 Å². The van der Waals surface area contributed by atoms with Crippen LogP contribution < -0.4 is 10.6 Å². The van der Waals surface area contributed by atoms with E-state index in [0.29, 0.717) is 19.0 Å². The molecule has 0 bridgehead atoms. The summed E-state index contributed by atoms with van der Waals surface area (Å²) in [4.78, 5) is 18.7. The summed E-state index contributed by atoms with van der Waals surface area (Å²) in [6.07, 6.45) is 2.81. The average Bonchev–Trinajstić information content (AvgIpc) is 3.16. The number of pyridine rings is 1. The van der Waals surface area contributed by atoms with Gasteiger partial charge in [0.1, 0.15) is 0 Å². The second-order valence-electron chi connectivity index (χ2n) is 6.66. The number of halogens is 1. The van der Waals surface area contributed by atoms with Gasteiger partial charge < -0.3 is 15.5 Å². The molecule has 1 aliphatic heterocycles. The van der Waals surface area contributed by atoms with E-state index in [1.165, 1.54) is 11.1 Å². The Bertz CT molecular complexity index is 1020. The second kappa shape index (κ2) is 9.68. The van der Waals surface area contributed by atoms with E-state index in [9.17, 15) is 4.79 Å². The molecule has 0 unspecified atom stereocenters. The number of aliphatic imine (C=N–C) groups is 1. The molecule has 1 aliphatic rings. The van der Waals surface area contributed by atoms with Gasteiger partial charge in [-0.3, -0.25) is 14.2 Å². The van der Waals surface area contributed by atoms with Crippen molar-refractivity contribution in [1.29, 1.82) is 0 Å². The molecule has 152 valence electrons. The van der Waals surface area contributed by atoms with Crippen molar-refractivity contribution in [2.75, 3.05) is 20.1 Å². The van der Waals surface area contributed by atoms with E-state index < -0.39 is 0 Å². The smallest absolute Gasteiger partial charge is 0.242 e. The van der Waals surface area contributed by atoms with Gasteiger partial charge in [-0.15, -0.1) is 34.2 Å². The third-order valence-corrected chi connectivity index (χ3v) is 4.91. The zero-order chi connectivity index (χ0) is 19.3. The average molecular weight is 505 g/mol. The predicted octanol–water partition coefficient (Wildman–Crippen LogP) is 1.60. The molecule has 3 heterocycles. The monoisotopic (exact) mass is 505 g/mol. The number of fused-ring (bicyclic) bond motifs is 2. The normalized spacial score (nSPS) is 13.6. The van der Waals surface area contributed by atoms with Crippen molar-refractivity contribution in [1.82, 2.24) is 30.1 Å². The van der Waals surface area contributed by atoms with E-state index in [2.05, 4.69) is 38.0 Å². The van der Waals surface area contributed by atoms with Gasteiger partial charge in [0.25, 0.3) is 0 Å². The lowest BCUT2D eigenvalue weighted by atomic mass is 10.00. The maximum absolute atomic E-state index is 12.6. The zero-order valence-electron chi connectivity index (χ0n) is 16.2. The number of rotatable bonds is 4. The van der Waals surface area contributed by atoms with Crippen molar-refractivity contribution in [2.45, 2.75) is 19.5 Å². The van der Waals surface area contributed by atoms with E-state index in [0.717, 1.165) is 24.4 Å². The quantitative estimate of drug-likeness (QED) is 0.320. The first-order valence-electron chi connectivity index (χ1n) is 9.32. The van der Waals surface area contributed by atoms with Crippen LogP contribution in [0, 0.1) is 0 Å². The minimum atomic E-state index is 0. The van der Waals surface area contributed by atoms with Crippen LogP contribution in [0.2, 0.25) is 0 Å². The molecule has 0 spiro atoms. The maximum atomic E-state index is 12.6. The third-order valence-electron chi connectivity index (χ3n) is 4.91. The fourth-order valence-electron chi connectivity index (χ4n) is 3.37. The molecule has 29 heavy (non-hydrogen) atoms. The van der Waals surface area contributed by atoms with Gasteiger partial charge in [-0.2, -0.15) is 0 Å². The molecule has 3 aromatic rings. The molecule has 0 radical (unpaired) electrons. The fraction of sp³-hybridized carbons (Fsp3) is 0.300. The summed E-state index contributed by atoms with van der Waals surface area (Å²) in [6.45, 7) is 2.06. The Morgan fingerprint density at radius 2 is 1.90 bits per heavy atom. The summed E-state index contributed by atoms with van der Waals surface area (Å²) in [7, 11) is 1.68. The first kappa shape index (κ1) is 21.0. The van der Waals surface area contributed by atoms with E-state index in [1.807, 2.05) is 45.8 Å². The van der Waals surface area contributed by atoms with Crippen LogP contribution >= 0.6 is 24.0 Å². The number of aromatic nitrogens is 3. The van der Waals surface area contributed by atoms with Gasteiger partial charge in [-0.1, -0.05) is 30.3 Å². The SMILES string of the molecule is CN=C(NCC(=O)N1CCc2ccccc2C1)NCc1nnc2ccccn12.I. The predicted molar refractivity (Wildman–Crippen MR) is 122 cm³/mol. The van der Waals surface area contributed by atoms with Gasteiger partial charge in [-0.05, 0) is 29.7 Å². The first-order chi connectivity index (χ1) is 13.7. The molecule has 2 N–H and O–H groups in total. The number of hydrogen-bond acceptors (Lipinski definition) is 4. The highest BCUT2D eigenvalue weighted by Crippen LogP contribution is 2.18. The molecule has 0 saturated heterocycles. The van der Waals surface area contributed by atoms with E-state index in [1.54, 1.807) is 7.05 Å². The Morgan fingerprint density at radius 3 is 2.72 bits per heavy atom. The third kappa shape index (κ3) is 4.84. The second-order valence-corrected chi connectivity index (χ2v) is 6.66. The number of carbonyl (C=O) groups excluding carboxylic acids is 1. The molecule has 0 aliphatic carbocycles. The van der Waals surface area contributed by atoms with Crippen LogP contribution in [0.25, 0.3) is 5.65 Å². The summed E-state index contributed by atoms with van der Waals surface area (Å²) < 4.78 is 1.91. The van der Waals surface area contributed by atoms with Crippen molar-refractivity contribution in [3.63, 3.8) is 0 Å². The molecular formula is C20H24IN7O. The Balaban J connectivity index is 0.00000240. The summed E-state index contributed by atoms with van der Waals surface area (Å²) in [5, 5.41) is 14.6. The highest BCUT2D eigenvalue weighted by atomic mass is 127. The van der Waals surface area contributed by atoms with Gasteiger partial charge in [0.2, 0.25) is 5.91 Å². The van der Waals surface area contributed by atoms with Crippen LogP contribution in [0.1, 0.15) is 17.0 Å². The minimum Gasteiger partial charge on any atom is -0.349 e. The van der Waals surface area contributed by atoms with Crippen LogP contribution in [0.5, 0.6) is 0 Å². The summed E-state index contributed by atoms with van der Waals surface area (Å²) in [5.74, 6) is 1.39. The largest absolute Gasteiger partial charge is 0.349 e. The Kier molecular flexibility index (Phi) is 7.02. The summed E-state index contributed by atoms with van der Waals surface area (Å²) in [6, 6.07) is 14.0. The number of benzene rings is 1. The topological polar surface area (TPSA) is 86.9 Å². The zero-order valence-corrected chi connectivity index (χ0v) is 18.5. The van der Waals surface area contributed by atoms with Crippen molar-refractivity contribution in [3.05, 3.63) is 65.6 Å². The van der Waals surface area contributed by atoms with Gasteiger partial charge in [0.15, 0.2) is 17.4 Å². The van der Waals surface area contributed by atoms with Gasteiger partial charge in [0, 0.05) is 26.3 Å². The highest BCUT2D eigenvalue weighted by molar-refractivity contribution is 14.0. The van der Waals surface area contributed by atoms with Crippen molar-refractivity contribution < 1.29 is 4.79 Å². The van der Waals surface area contributed by atoms with Crippen molar-refractivity contribution in [2.24, 2.45) is 4.99 Å². The van der Waals surface area contributed by atoms with E-state index in [-0.39, 0.29) is 36.4 Å². The molecule has 8 nitrogen and oxygen atoms in total. The lowest BCUT2D eigenvalue weighted by Crippen LogP contribution is -2.45. The molecule has 2 aromatic heterocycles. The number of nitrogens with zero attached hydrogens (tertiary/aromatic N) is 5. The van der Waals surface area contributed by atoms with Crippen molar-refractivity contribution in [3.8, 4) is 0 Å². The van der Waals surface area contributed by atoms with Crippen molar-refractivity contribution >= 4 is 41.5 Å². The lowest BCUT2D eigenvalue weighted by Gasteiger charge is -2.29. The molecule has 0 fully saturated rings. The Morgan fingerprint density at radius 1 is 1.10 bits per heavy atom. The number of hydrogen-bond donors (Lipinski definition) is 2. The van der Waals surface area contributed by atoms with Gasteiger partial charge in [0.05, 0.1) is 13.1 Å². The first-order valence-corrected chi connectivity index (χ1v) is 9.32. The minimum absolute atomic E-state index is 0. The van der Waals surface area contributed by atoms with Crippen LogP contribution in [0.15, 0.2) is 53.7 Å². The summed E-state index contributed by atoms with van der Waals surface area (Å²) in [5.41, 5.74) is 3.35. The molecular weight excluding hydrogens is 481 g/mol. The molecule has 9 heteroatoms. The maximum Gasteiger partial charge on any atom is 0.242 e. The number of guanidine groups is 1. The Labute approximate surface area is 186 Å². The lowest BCUT2D eigenvalue weighted by molar-refractivity contribution is -0.130. The van der Waals surface area contributed by atoms with Crippen LogP contribution in [-0.2, 0) is 24.3 Å². The van der Waals surface area contributed by atoms with Gasteiger partial charge >= 0.3 is 0 Å². The molecule has 1 aromatic carbocycles. The van der Waals surface area contributed by atoms with Gasteiger partial charge in [-0.25, -0.2) is 0 Å². The molecule has 1 amide bonds. The van der Waals surface area contributed by atoms with Crippen LogP contribution in [0.3, 0.4) is 0 Å². The number of nitrogens with one attached hydrogen (secondary N) is 2. The fourth-order valence-corrected chi connectivity index (χ4v) is 3.37.